The Bertz CT molecular complexity index is 378. The Hall–Kier alpha value is -1.80. The summed E-state index contributed by atoms with van der Waals surface area (Å²) < 4.78 is 35.8. The fourth-order valence-corrected chi connectivity index (χ4v) is 0.976. The van der Waals surface area contributed by atoms with Gasteiger partial charge in [-0.2, -0.15) is 28.1 Å². The minimum absolute atomic E-state index is 0.0328. The summed E-state index contributed by atoms with van der Waals surface area (Å²) in [4.78, 5) is 13.0. The lowest BCUT2D eigenvalue weighted by atomic mass is 10.4. The maximum absolute atomic E-state index is 11.9. The molecule has 1 aromatic heterocycles. The Morgan fingerprint density at radius 2 is 1.88 bits per heavy atom. The van der Waals surface area contributed by atoms with Crippen molar-refractivity contribution in [3.8, 4) is 0 Å². The number of rotatable bonds is 4. The van der Waals surface area contributed by atoms with Gasteiger partial charge in [-0.1, -0.05) is 0 Å². The van der Waals surface area contributed by atoms with Crippen LogP contribution in [0.25, 0.3) is 0 Å². The predicted molar refractivity (Wildman–Crippen MR) is 57.7 cm³/mol. The number of anilines is 3. The Morgan fingerprint density at radius 1 is 1.24 bits per heavy atom. The van der Waals surface area contributed by atoms with Gasteiger partial charge >= 0.3 is 6.18 Å². The first-order valence-corrected chi connectivity index (χ1v) is 4.77. The van der Waals surface area contributed by atoms with E-state index in [2.05, 4.69) is 20.3 Å². The highest BCUT2D eigenvalue weighted by Crippen LogP contribution is 2.19. The van der Waals surface area contributed by atoms with Gasteiger partial charge in [0.1, 0.15) is 0 Å². The van der Waals surface area contributed by atoms with Crippen LogP contribution in [0.1, 0.15) is 6.42 Å². The summed E-state index contributed by atoms with van der Waals surface area (Å²) in [6.45, 7) is -0.306. The lowest BCUT2D eigenvalue weighted by Gasteiger charge is -2.12. The van der Waals surface area contributed by atoms with E-state index in [9.17, 15) is 13.2 Å². The summed E-state index contributed by atoms with van der Waals surface area (Å²) >= 11 is 0. The lowest BCUT2D eigenvalue weighted by Crippen LogP contribution is -2.19. The first-order chi connectivity index (χ1) is 7.78. The maximum atomic E-state index is 11.9. The number of nitrogens with one attached hydrogen (secondary N) is 1. The minimum atomic E-state index is -4.21. The Morgan fingerprint density at radius 3 is 2.41 bits per heavy atom. The van der Waals surface area contributed by atoms with Gasteiger partial charge in [0.2, 0.25) is 17.8 Å². The summed E-state index contributed by atoms with van der Waals surface area (Å²) in [7, 11) is 3.38. The molecular formula is C8H13F3N6. The molecule has 0 saturated carbocycles. The zero-order chi connectivity index (χ0) is 13.1. The molecule has 0 amide bonds. The highest BCUT2D eigenvalue weighted by Gasteiger charge is 2.26. The Kier molecular flexibility index (Phi) is 3.92. The molecule has 6 nitrogen and oxygen atoms in total. The molecule has 0 fully saturated rings. The van der Waals surface area contributed by atoms with Crippen LogP contribution < -0.4 is 16.0 Å². The quantitative estimate of drug-likeness (QED) is 0.825. The molecule has 0 radical (unpaired) electrons. The lowest BCUT2D eigenvalue weighted by molar-refractivity contribution is -0.131. The second-order valence-corrected chi connectivity index (χ2v) is 3.50. The normalized spacial score (nSPS) is 11.4. The molecule has 0 unspecified atom stereocenters. The fourth-order valence-electron chi connectivity index (χ4n) is 0.976. The monoisotopic (exact) mass is 250 g/mol. The van der Waals surface area contributed by atoms with E-state index >= 15 is 0 Å². The van der Waals surface area contributed by atoms with E-state index in [1.807, 2.05) is 0 Å². The SMILES string of the molecule is CN(C)c1nc(N)nc(NCCC(F)(F)F)n1. The second kappa shape index (κ2) is 5.02. The van der Waals surface area contributed by atoms with Gasteiger partial charge in [0.05, 0.1) is 6.42 Å². The number of halogens is 3. The van der Waals surface area contributed by atoms with E-state index in [4.69, 9.17) is 5.73 Å². The number of nitrogens with two attached hydrogens (primary N) is 1. The summed E-state index contributed by atoms with van der Waals surface area (Å²) in [5.41, 5.74) is 5.40. The van der Waals surface area contributed by atoms with Crippen molar-refractivity contribution in [2.45, 2.75) is 12.6 Å². The van der Waals surface area contributed by atoms with Crippen molar-refractivity contribution >= 4 is 17.8 Å². The van der Waals surface area contributed by atoms with Gasteiger partial charge < -0.3 is 16.0 Å². The largest absolute Gasteiger partial charge is 0.390 e. The molecule has 96 valence electrons. The average Bonchev–Trinajstić information content (AvgIpc) is 2.14. The van der Waals surface area contributed by atoms with Gasteiger partial charge in [-0.05, 0) is 0 Å². The molecule has 0 aliphatic heterocycles. The van der Waals surface area contributed by atoms with E-state index in [1.165, 1.54) is 0 Å². The number of aromatic nitrogens is 3. The van der Waals surface area contributed by atoms with Crippen LogP contribution in [0.2, 0.25) is 0 Å². The van der Waals surface area contributed by atoms with Crippen molar-refractivity contribution in [1.82, 2.24) is 15.0 Å². The molecule has 0 aliphatic rings. The Balaban J connectivity index is 2.65. The minimum Gasteiger partial charge on any atom is -0.368 e. The first kappa shape index (κ1) is 13.3. The van der Waals surface area contributed by atoms with Gasteiger partial charge in [-0.3, -0.25) is 0 Å². The van der Waals surface area contributed by atoms with Crippen LogP contribution in [0, 0.1) is 0 Å². The average molecular weight is 250 g/mol. The summed E-state index contributed by atoms with van der Waals surface area (Å²) in [6.07, 6.45) is -5.17. The van der Waals surface area contributed by atoms with E-state index in [0.717, 1.165) is 0 Å². The third-order valence-electron chi connectivity index (χ3n) is 1.73. The maximum Gasteiger partial charge on any atom is 0.390 e. The molecule has 1 aromatic rings. The molecule has 3 N–H and O–H groups in total. The zero-order valence-electron chi connectivity index (χ0n) is 9.41. The molecule has 0 aliphatic carbocycles. The topological polar surface area (TPSA) is 80.0 Å². The summed E-state index contributed by atoms with van der Waals surface area (Å²) in [5, 5.41) is 2.45. The van der Waals surface area contributed by atoms with Crippen LogP contribution in [0.5, 0.6) is 0 Å². The molecule has 0 bridgehead atoms. The molecular weight excluding hydrogens is 237 g/mol. The predicted octanol–water partition coefficient (Wildman–Crippen LogP) is 0.884. The Labute approximate surface area is 96.1 Å². The first-order valence-electron chi connectivity index (χ1n) is 4.77. The molecule has 0 saturated heterocycles. The van der Waals surface area contributed by atoms with Crippen LogP contribution in [-0.4, -0.2) is 41.8 Å². The summed E-state index contributed by atoms with van der Waals surface area (Å²) in [6, 6.07) is 0. The summed E-state index contributed by atoms with van der Waals surface area (Å²) in [5.74, 6) is 0.274. The van der Waals surface area contributed by atoms with Crippen molar-refractivity contribution < 1.29 is 13.2 Å². The van der Waals surface area contributed by atoms with Crippen molar-refractivity contribution in [2.24, 2.45) is 0 Å². The van der Waals surface area contributed by atoms with Crippen LogP contribution in [-0.2, 0) is 0 Å². The number of alkyl halides is 3. The third kappa shape index (κ3) is 4.70. The van der Waals surface area contributed by atoms with Gasteiger partial charge in [-0.25, -0.2) is 0 Å². The second-order valence-electron chi connectivity index (χ2n) is 3.50. The molecule has 17 heavy (non-hydrogen) atoms. The van der Waals surface area contributed by atoms with E-state index < -0.39 is 12.6 Å². The molecule has 1 heterocycles. The van der Waals surface area contributed by atoms with Crippen molar-refractivity contribution in [3.05, 3.63) is 0 Å². The number of hydrogen-bond donors (Lipinski definition) is 2. The van der Waals surface area contributed by atoms with Gasteiger partial charge in [0.25, 0.3) is 0 Å². The van der Waals surface area contributed by atoms with Gasteiger partial charge in [0, 0.05) is 20.6 Å². The zero-order valence-corrected chi connectivity index (χ0v) is 9.41. The van der Waals surface area contributed by atoms with E-state index in [1.54, 1.807) is 19.0 Å². The van der Waals surface area contributed by atoms with Crippen LogP contribution in [0.15, 0.2) is 0 Å². The van der Waals surface area contributed by atoms with Crippen molar-refractivity contribution in [2.75, 3.05) is 36.6 Å². The fraction of sp³-hybridized carbons (Fsp3) is 0.625. The van der Waals surface area contributed by atoms with Crippen LogP contribution in [0.3, 0.4) is 0 Å². The molecule has 1 rings (SSSR count). The van der Waals surface area contributed by atoms with Crippen molar-refractivity contribution in [1.29, 1.82) is 0 Å². The van der Waals surface area contributed by atoms with Crippen molar-refractivity contribution in [3.63, 3.8) is 0 Å². The molecule has 0 atom stereocenters. The molecule has 0 aromatic carbocycles. The number of nitrogens with zero attached hydrogens (tertiary/aromatic N) is 4. The van der Waals surface area contributed by atoms with Crippen LogP contribution >= 0.6 is 0 Å². The van der Waals surface area contributed by atoms with Gasteiger partial charge in [0.15, 0.2) is 0 Å². The van der Waals surface area contributed by atoms with Gasteiger partial charge in [-0.15, -0.1) is 0 Å². The highest BCUT2D eigenvalue weighted by atomic mass is 19.4. The van der Waals surface area contributed by atoms with Crippen LogP contribution in [0.4, 0.5) is 31.0 Å². The molecule has 0 spiro atoms. The third-order valence-corrected chi connectivity index (χ3v) is 1.73. The number of nitrogen functional groups attached to an aromatic ring is 1. The standard InChI is InChI=1S/C8H13F3N6/c1-17(2)7-15-5(12)14-6(16-7)13-4-3-8(9,10)11/h3-4H2,1-2H3,(H3,12,13,14,15,16). The highest BCUT2D eigenvalue weighted by molar-refractivity contribution is 5.40. The van der Waals surface area contributed by atoms with E-state index in [-0.39, 0.29) is 24.4 Å². The smallest absolute Gasteiger partial charge is 0.368 e. The molecule has 9 heteroatoms. The number of hydrogen-bond acceptors (Lipinski definition) is 6. The van der Waals surface area contributed by atoms with E-state index in [0.29, 0.717) is 0 Å².